The number of terminal acetylenes is 2. The molecule has 3 rings (SSSR count). The van der Waals surface area contributed by atoms with Crippen molar-refractivity contribution in [3.05, 3.63) is 60.2 Å². The molecule has 0 saturated carbocycles. The summed E-state index contributed by atoms with van der Waals surface area (Å²) in [5.74, 6) is 100. The maximum atomic E-state index is 10.3. The first-order chi connectivity index (χ1) is 32.2. The fourth-order valence-electron chi connectivity index (χ4n) is 3.73. The summed E-state index contributed by atoms with van der Waals surface area (Å²) in [6.07, 6.45) is 14.9. The van der Waals surface area contributed by atoms with E-state index in [2.05, 4.69) is 249 Å². The minimum atomic E-state index is 0. The first-order valence-electron chi connectivity index (χ1n) is 17.4. The summed E-state index contributed by atoms with van der Waals surface area (Å²) in [4.78, 5) is 0. The third kappa shape index (κ3) is 22.7. The third-order valence-corrected chi connectivity index (χ3v) is 6.03. The van der Waals surface area contributed by atoms with E-state index >= 15 is 0 Å². The zero-order chi connectivity index (χ0) is 45.9. The normalized spacial score (nSPS) is 6.25. The second kappa shape index (κ2) is 32.5. The summed E-state index contributed by atoms with van der Waals surface area (Å²) in [7, 11) is 0. The highest BCUT2D eigenvalue weighted by atomic mass is 16.5. The van der Waals surface area contributed by atoms with Crippen molar-refractivity contribution in [2.75, 3.05) is 0 Å². The molecule has 3 aromatic rings. The van der Waals surface area contributed by atoms with Gasteiger partial charge in [0.1, 0.15) is 41.8 Å². The molecule has 0 bridgehead atoms. The molecule has 0 atom stereocenters. The Bertz CT molecular complexity index is 3770. The molecule has 4 heteroatoms. The SMILES string of the molecule is C#CC#CC#CC#CC#CC#CC#CC#CC#CC#CC#COc1cc(COc2ccc(O)c3ccccc23)cc(OC#CC#CC#CC#CC#CC#CC#CC#CC#CC#CC#C)c1.[HH].[HH].[HH].[HH].[HH].[HH].[HH].[HH].[HH].[HH].[HH].[HH].[HH].[HH].[HH].[HH].[HH].[HH].[HH].[HH].[HH].[HH].[HH].[HH].[HH].[HH].[HH].[HH].[HH].[HH].[HH].[HH].[HH].[HH].[HH].[HH].[HH].[HH].[HH].[HH].[HH].[HH].[HH].[HH]. The molecule has 0 aliphatic heterocycles. The fourth-order valence-corrected chi connectivity index (χ4v) is 3.73. The van der Waals surface area contributed by atoms with Crippen LogP contribution in [0.5, 0.6) is 23.0 Å². The van der Waals surface area contributed by atoms with Crippen LogP contribution in [0.3, 0.4) is 0 Å². The van der Waals surface area contributed by atoms with Gasteiger partial charge < -0.3 is 19.3 Å². The van der Waals surface area contributed by atoms with Gasteiger partial charge >= 0.3 is 0 Å². The van der Waals surface area contributed by atoms with Gasteiger partial charge in [-0.05, 0) is 125 Å². The molecule has 0 aromatic heterocycles. The zero-order valence-electron chi connectivity index (χ0n) is 33.2. The van der Waals surface area contributed by atoms with Gasteiger partial charge in [0.25, 0.3) is 0 Å². The van der Waals surface area contributed by atoms with E-state index in [4.69, 9.17) is 27.1 Å². The molecule has 4 nitrogen and oxygen atoms in total. The van der Waals surface area contributed by atoms with Crippen LogP contribution in [-0.2, 0) is 6.61 Å². The average molecular weight is 899 g/mol. The number of rotatable bonds is 5. The van der Waals surface area contributed by atoms with E-state index in [-0.39, 0.29) is 75.1 Å². The van der Waals surface area contributed by atoms with E-state index in [1.54, 1.807) is 36.4 Å². The standard InChI is InChI=1S/C61H14O4.44H2/c1-3-5-7-9-11-13-15-17-19-21-23-25-27-29-31-33-35-37-39-43-49-63-56-51-55(54-65-61-48-47-60(62)58-45-41-42-46-59(58)61)52-57(53-56)64-50-44-40-38-36-34-32-30-28-26-24-22-20-18-16-14-12-10-8-6-4-2;;;;;;;;;;;;;;;;;;;;;;;;;;;;;;;;;;;;;;;;;;;;/h1-2,41-42,45-48,51-53,62H,54H2;44*1H. The summed E-state index contributed by atoms with van der Waals surface area (Å²) in [5.41, 5.74) is 0.659. The first-order valence-corrected chi connectivity index (χ1v) is 17.4. The Morgan fingerprint density at radius 2 is 0.677 bits per heavy atom. The van der Waals surface area contributed by atoms with Crippen molar-refractivity contribution in [1.82, 2.24) is 0 Å². The van der Waals surface area contributed by atoms with Crippen LogP contribution in [0.2, 0.25) is 0 Å². The number of ether oxygens (including phenoxy) is 3. The predicted octanol–water partition coefficient (Wildman–Crippen LogP) is 15.0. The van der Waals surface area contributed by atoms with Crippen molar-refractivity contribution in [2.24, 2.45) is 0 Å². The third-order valence-electron chi connectivity index (χ3n) is 6.03. The zero-order valence-corrected chi connectivity index (χ0v) is 33.2. The smallest absolute Gasteiger partial charge is 0.144 e. The van der Waals surface area contributed by atoms with Crippen LogP contribution < -0.4 is 14.2 Å². The van der Waals surface area contributed by atoms with Crippen LogP contribution >= 0.6 is 0 Å². The van der Waals surface area contributed by atoms with Crippen LogP contribution in [-0.4, -0.2) is 5.11 Å². The Balaban J connectivity index is -0.0000000255. The summed E-state index contributed by atoms with van der Waals surface area (Å²) in [6, 6.07) is 15.6. The maximum absolute atomic E-state index is 10.3. The van der Waals surface area contributed by atoms with E-state index in [1.807, 2.05) is 18.2 Å². The van der Waals surface area contributed by atoms with Crippen molar-refractivity contribution in [1.29, 1.82) is 0 Å². The predicted molar refractivity (Wildman–Crippen MR) is 344 cm³/mol. The lowest BCUT2D eigenvalue weighted by Gasteiger charge is -2.12. The van der Waals surface area contributed by atoms with E-state index < -0.39 is 0 Å². The van der Waals surface area contributed by atoms with Gasteiger partial charge in [0.2, 0.25) is 0 Å². The summed E-state index contributed by atoms with van der Waals surface area (Å²) >= 11 is 0. The van der Waals surface area contributed by atoms with E-state index in [0.717, 1.165) is 5.39 Å². The monoisotopic (exact) mass is 899 g/mol. The Hall–Kier alpha value is -12.6. The van der Waals surface area contributed by atoms with Gasteiger partial charge in [-0.1, -0.05) is 24.3 Å². The second-order valence-electron chi connectivity index (χ2n) is 10.2. The minimum Gasteiger partial charge on any atom is -0.507 e. The number of hydrogen-bond acceptors (Lipinski definition) is 4. The van der Waals surface area contributed by atoms with E-state index in [0.29, 0.717) is 28.2 Å². The molecule has 65 heavy (non-hydrogen) atoms. The minimum absolute atomic E-state index is 0. The summed E-state index contributed by atoms with van der Waals surface area (Å²) in [5, 5.41) is 11.7. The molecule has 0 aliphatic carbocycles. The molecule has 0 unspecified atom stereocenters. The van der Waals surface area contributed by atoms with Gasteiger partial charge in [-0.2, -0.15) is 0 Å². The van der Waals surface area contributed by atoms with Gasteiger partial charge in [-0.15, -0.1) is 12.8 Å². The van der Waals surface area contributed by atoms with Crippen molar-refractivity contribution in [2.45, 2.75) is 6.61 Å². The Labute approximate surface area is 445 Å². The molecule has 3 aromatic carbocycles. The van der Waals surface area contributed by atoms with Crippen LogP contribution in [0.1, 0.15) is 68.3 Å². The number of phenols is 1. The quantitative estimate of drug-likeness (QED) is 0.259. The van der Waals surface area contributed by atoms with E-state index in [1.165, 1.54) is 0 Å². The first kappa shape index (κ1) is 46.8. The van der Waals surface area contributed by atoms with Crippen molar-refractivity contribution in [3.63, 3.8) is 0 Å². The lowest BCUT2D eigenvalue weighted by atomic mass is 10.1. The molecule has 370 valence electrons. The molecule has 0 aliphatic rings. The molecule has 0 saturated heterocycles. The van der Waals surface area contributed by atoms with Crippen molar-refractivity contribution >= 4 is 10.8 Å². The molecular formula is C61H102O4. The maximum Gasteiger partial charge on any atom is 0.144 e. The Kier molecular flexibility index (Phi) is 23.4. The number of fused-ring (bicyclic) bond motifs is 1. The van der Waals surface area contributed by atoms with Crippen LogP contribution in [0.4, 0.5) is 0 Å². The van der Waals surface area contributed by atoms with Crippen LogP contribution in [0, 0.1) is 262 Å². The Morgan fingerprint density at radius 3 is 1.02 bits per heavy atom. The van der Waals surface area contributed by atoms with Gasteiger partial charge in [0, 0.05) is 222 Å². The number of aromatic hydroxyl groups is 1. The topological polar surface area (TPSA) is 47.9 Å². The fraction of sp³-hybridized carbons (Fsp3) is 0.0164. The molecule has 0 fully saturated rings. The number of phenolic OH excluding ortho intramolecular Hbond substituents is 1. The van der Waals surface area contributed by atoms with Crippen molar-refractivity contribution in [3.8, 4) is 285 Å². The highest BCUT2D eigenvalue weighted by molar-refractivity contribution is 5.93. The lowest BCUT2D eigenvalue weighted by molar-refractivity contribution is 0.308. The largest absolute Gasteiger partial charge is 0.507 e. The molecule has 0 heterocycles. The lowest BCUT2D eigenvalue weighted by Crippen LogP contribution is -1.98. The molecule has 0 amide bonds. The molecule has 0 radical (unpaired) electrons. The van der Waals surface area contributed by atoms with E-state index in [9.17, 15) is 5.11 Å². The molecular weight excluding hydrogens is 797 g/mol. The number of benzene rings is 3. The molecule has 1 N–H and O–H groups in total. The van der Waals surface area contributed by atoms with Crippen LogP contribution in [0.25, 0.3) is 10.8 Å². The average Bonchev–Trinajstić information content (AvgIpc) is 3.32. The van der Waals surface area contributed by atoms with Gasteiger partial charge in [0.15, 0.2) is 0 Å². The number of hydrogen-bond donors (Lipinski definition) is 1. The highest BCUT2D eigenvalue weighted by Crippen LogP contribution is 2.33. The highest BCUT2D eigenvalue weighted by Gasteiger charge is 2.08. The second-order valence-corrected chi connectivity index (χ2v) is 10.2. The molecule has 0 spiro atoms. The van der Waals surface area contributed by atoms with Gasteiger partial charge in [0.05, 0.1) is 0 Å². The van der Waals surface area contributed by atoms with Gasteiger partial charge in [-0.3, -0.25) is 0 Å². The summed E-state index contributed by atoms with van der Waals surface area (Å²) < 4.78 is 17.3. The summed E-state index contributed by atoms with van der Waals surface area (Å²) in [6.45, 7) is 0.111. The van der Waals surface area contributed by atoms with Crippen molar-refractivity contribution < 1.29 is 82.1 Å². The Morgan fingerprint density at radius 1 is 0.369 bits per heavy atom. The van der Waals surface area contributed by atoms with Gasteiger partial charge in [-0.25, -0.2) is 0 Å². The van der Waals surface area contributed by atoms with Crippen LogP contribution in [0.15, 0.2) is 54.6 Å².